The Bertz CT molecular complexity index is 5030. The van der Waals surface area contributed by atoms with Crippen molar-refractivity contribution in [1.29, 1.82) is 0 Å². The van der Waals surface area contributed by atoms with Gasteiger partial charge in [0.15, 0.2) is 40.1 Å². The molecule has 7 aliphatic heterocycles. The number of H-pyrrole nitrogens is 6. The van der Waals surface area contributed by atoms with Crippen molar-refractivity contribution in [2.24, 2.45) is 5.11 Å². The summed E-state index contributed by atoms with van der Waals surface area (Å²) in [6.07, 6.45) is -7.34. The number of alkyl halides is 2. The molecule has 6 aromatic rings. The van der Waals surface area contributed by atoms with Gasteiger partial charge in [0.1, 0.15) is 85.1 Å². The van der Waals surface area contributed by atoms with Crippen molar-refractivity contribution in [2.45, 2.75) is 226 Å². The van der Waals surface area contributed by atoms with Crippen LogP contribution in [0.3, 0.4) is 0 Å². The summed E-state index contributed by atoms with van der Waals surface area (Å²) >= 11 is 3.86. The number of hydrogen-bond acceptors (Lipinski definition) is 32. The number of rotatable bonds is 12. The van der Waals surface area contributed by atoms with E-state index < -0.39 is 205 Å². The van der Waals surface area contributed by atoms with Gasteiger partial charge in [0.2, 0.25) is 5.72 Å². The highest BCUT2D eigenvalue weighted by Gasteiger charge is 2.63. The van der Waals surface area contributed by atoms with Gasteiger partial charge >= 0.3 is 34.1 Å². The van der Waals surface area contributed by atoms with Gasteiger partial charge in [0, 0.05) is 87.3 Å². The number of nitrogens with one attached hydrogen (secondary N) is 6. The maximum Gasteiger partial charge on any atom is 0.331 e. The number of azide groups is 1. The number of fused-ring (bicyclic) bond motifs is 1. The first kappa shape index (κ1) is 90.2. The van der Waals surface area contributed by atoms with Gasteiger partial charge in [-0.1, -0.05) is 70.7 Å². The molecule has 7 aliphatic rings. The van der Waals surface area contributed by atoms with Crippen molar-refractivity contribution in [3.8, 4) is 0 Å². The normalized spacial score (nSPS) is 35.6. The van der Waals surface area contributed by atoms with Crippen LogP contribution in [-0.2, 0) is 72.2 Å². The van der Waals surface area contributed by atoms with Crippen molar-refractivity contribution in [1.82, 2.24) is 57.3 Å². The molecule has 7 fully saturated rings. The van der Waals surface area contributed by atoms with E-state index in [2.05, 4.69) is 31.6 Å². The maximum atomic E-state index is 12.1. The number of hydrogen-bond donors (Lipinski definition) is 17. The topological polar surface area (TPSA) is 674 Å². The third-order valence-electron chi connectivity index (χ3n) is 19.9. The number of halogens is 2. The molecule has 622 valence electrons. The number of ether oxygens (including phenoxy) is 8. The molecule has 0 bridgehead atoms. The Labute approximate surface area is 660 Å². The average molecular weight is 1830 g/mol. The minimum absolute atomic E-state index is 0.0295. The van der Waals surface area contributed by atoms with Crippen LogP contribution in [-0.4, -0.2) is 238 Å². The third kappa shape index (κ3) is 17.5. The zero-order valence-corrected chi connectivity index (χ0v) is 66.1. The summed E-state index contributed by atoms with van der Waals surface area (Å²) in [5.41, 5.74) is -9.06. The fraction of sp³-hybridized carbons (Fsp3) is 0.600. The van der Waals surface area contributed by atoms with Gasteiger partial charge in [-0.05, 0) is 73.8 Å². The minimum Gasteiger partial charge on any atom is -0.467 e. The molecular formula is C65H87I2N15O31. The van der Waals surface area contributed by atoms with Gasteiger partial charge < -0.3 is 94.1 Å². The molecule has 0 aliphatic carbocycles. The Morgan fingerprint density at radius 3 is 1.04 bits per heavy atom. The second-order valence-electron chi connectivity index (χ2n) is 27.9. The summed E-state index contributed by atoms with van der Waals surface area (Å²) in [6, 6.07) is 6.91. The highest BCUT2D eigenvalue weighted by atomic mass is 127. The second kappa shape index (κ2) is 34.6. The van der Waals surface area contributed by atoms with Crippen LogP contribution >= 0.6 is 45.2 Å². The van der Waals surface area contributed by atoms with Crippen molar-refractivity contribution in [3.63, 3.8) is 0 Å². The smallest absolute Gasteiger partial charge is 0.331 e. The lowest BCUT2D eigenvalue weighted by atomic mass is 10.0. The van der Waals surface area contributed by atoms with E-state index in [-0.39, 0.29) is 22.4 Å². The van der Waals surface area contributed by atoms with Crippen LogP contribution in [0.4, 0.5) is 0 Å². The summed E-state index contributed by atoms with van der Waals surface area (Å²) in [6.45, 7) is 19.3. The molecule has 113 heavy (non-hydrogen) atoms. The Balaban J connectivity index is 0.000000170. The van der Waals surface area contributed by atoms with E-state index in [9.17, 15) is 109 Å². The van der Waals surface area contributed by atoms with Crippen molar-refractivity contribution in [3.05, 3.63) is 221 Å². The van der Waals surface area contributed by atoms with Gasteiger partial charge in [-0.3, -0.25) is 86.1 Å². The number of aromatic nitrogens is 12. The molecule has 48 heteroatoms. The number of nitrogens with zero attached hydrogens (tertiary/aromatic N) is 9. The van der Waals surface area contributed by atoms with E-state index in [0.29, 0.717) is 10.8 Å². The fourth-order valence-electron chi connectivity index (χ4n) is 13.7. The quantitative estimate of drug-likeness (QED) is 0.0178. The summed E-state index contributed by atoms with van der Waals surface area (Å²) in [5, 5.41) is 112. The molecule has 0 unspecified atom stereocenters. The molecular weight excluding hydrogens is 1740 g/mol. The standard InChI is InChI=1S/C14H20N2O5.C11H16N2O5.C10H12IN5O5.C10H13IN2O5.C10H14N2O6.C10H12N2O5/c1-5-8-10-11(21-13(2,3)20-10)14(4,19-8)16-7-6-9(17)15-12(16)18;1-3-6-8(15)9(16)11(2,18-6)13-5-4-7(14)12-10(13)17;1-9(16-3-2-5(17)13-8(16)20)6(18)7(19)10(4-11,21-9)14-15-12;1-10(8(16)7(15)5(4-11)18-10)13-3-2-6(14)12-9(13)17;1-10(8(16)7(15)5(4-13)18-10)12-3-2-6(14)11-9(12)17;1-5-7(14)8(15)10(2,17-5)12-4-3-6(13)11-9(12)16/h6-8,10-11H,5H2,1-4H3,(H,15,17,18);4-6,8-9,15-16H,3H2,1-2H3,(H,12,14,17);2-3,6-7,18-19H,4H2,1H3,(H,13,17,20);2-3,5,7-8,15-16H,4H2,1H3,(H,12,14,17);2-3,5,7-8,13,15-16H,4H2,1H3,(H,11,14,17);3-4,7-8,14-15H,1H2,2H3,(H,11,13,16)/t8-,10-,11-,14-;6-,8-,9-,11-;6-,7+,9-,10-;2*5-,7-,8-,10-;7-,8-,10-/m111111/s1. The van der Waals surface area contributed by atoms with E-state index in [1.807, 2.05) is 87.8 Å². The SMILES string of the molecule is C=C1O[C@@](C)(n2ccc(=O)[nH]c2=O)[C@H](O)[C@@H]1O.CC[C@H]1O[C@@](C)(n2ccc(=O)[nH]c2=O)[C@@H]2OC(C)(C)O[C@@H]21.CC[C@H]1O[C@@](C)(n2ccc(=O)[nH]c2=O)[C@H](O)[C@@H]1O.C[C@@]1(n2ccc(=O)[nH]c2=O)O[C@@](CI)(N=[N+]=[N-])[C@@H](O)[C@H]1O.C[C@@]1(n2ccc(=O)[nH]c2=O)O[C@H](CI)[C@@H](O)[C@H]1O.C[C@@]1(n2ccc(=O)[nH]c2=O)O[C@H](CO)[C@@H](O)[C@H]1O. The van der Waals surface area contributed by atoms with Gasteiger partial charge in [-0.25, -0.2) is 28.8 Å². The first-order valence-corrected chi connectivity index (χ1v) is 37.4. The monoisotopic (exact) mass is 1830 g/mol. The van der Waals surface area contributed by atoms with E-state index >= 15 is 0 Å². The molecule has 7 saturated heterocycles. The molecule has 6 aromatic heterocycles. The Morgan fingerprint density at radius 2 is 0.752 bits per heavy atom. The van der Waals surface area contributed by atoms with Crippen LogP contribution in [0.1, 0.15) is 82.1 Å². The van der Waals surface area contributed by atoms with Crippen molar-refractivity contribution < 1.29 is 94.1 Å². The van der Waals surface area contributed by atoms with Gasteiger partial charge in [-0.2, -0.15) is 0 Å². The molecule has 0 aromatic carbocycles. The predicted octanol–water partition coefficient (Wildman–Crippen LogP) is -6.76. The fourth-order valence-corrected chi connectivity index (χ4v) is 15.1. The first-order valence-electron chi connectivity index (χ1n) is 34.3. The largest absolute Gasteiger partial charge is 0.467 e. The molecule has 23 atom stereocenters. The van der Waals surface area contributed by atoms with Crippen molar-refractivity contribution >= 4 is 45.2 Å². The van der Waals surface area contributed by atoms with Crippen LogP contribution in [0, 0.1) is 0 Å². The third-order valence-corrected chi connectivity index (χ3v) is 21.9. The highest BCUT2D eigenvalue weighted by Crippen LogP contribution is 2.48. The van der Waals surface area contributed by atoms with Crippen molar-refractivity contribution in [2.75, 3.05) is 15.5 Å². The van der Waals surface area contributed by atoms with Gasteiger partial charge in [0.05, 0.1) is 24.9 Å². The first-order chi connectivity index (χ1) is 52.6. The van der Waals surface area contributed by atoms with E-state index in [4.69, 9.17) is 48.5 Å². The van der Waals surface area contributed by atoms with Gasteiger partial charge in [-0.15, -0.1) is 0 Å². The Kier molecular flexibility index (Phi) is 27.6. The zero-order chi connectivity index (χ0) is 84.5. The molecule has 0 saturated carbocycles. The summed E-state index contributed by atoms with van der Waals surface area (Å²) in [4.78, 5) is 152. The summed E-state index contributed by atoms with van der Waals surface area (Å²) in [7, 11) is 0. The lowest BCUT2D eigenvalue weighted by Gasteiger charge is -2.32. The number of aliphatic hydroxyl groups excluding tert-OH is 11. The minimum atomic E-state index is -1.71. The molecule has 0 amide bonds. The second-order valence-corrected chi connectivity index (χ2v) is 29.6. The molecule has 17 N–H and O–H groups in total. The Hall–Kier alpha value is -8.33. The highest BCUT2D eigenvalue weighted by molar-refractivity contribution is 14.1. The zero-order valence-electron chi connectivity index (χ0n) is 61.8. The summed E-state index contributed by atoms with van der Waals surface area (Å²) in [5.74, 6) is -0.752. The Morgan fingerprint density at radius 1 is 0.434 bits per heavy atom. The summed E-state index contributed by atoms with van der Waals surface area (Å²) < 4.78 is 52.2. The molecule has 0 spiro atoms. The van der Waals surface area contributed by atoms with E-state index in [1.165, 1.54) is 70.0 Å². The lowest BCUT2D eigenvalue weighted by Crippen LogP contribution is -2.49. The number of aromatic amines is 6. The number of aliphatic hydroxyl groups is 11. The van der Waals surface area contributed by atoms with Crippen LogP contribution in [0.5, 0.6) is 0 Å². The maximum absolute atomic E-state index is 12.1. The van der Waals surface area contributed by atoms with Crippen LogP contribution < -0.4 is 67.5 Å². The molecule has 0 radical (unpaired) electrons. The molecule has 13 heterocycles. The average Bonchev–Trinajstić information content (AvgIpc) is 1.62. The van der Waals surface area contributed by atoms with Crippen LogP contribution in [0.15, 0.2) is 149 Å². The van der Waals surface area contributed by atoms with Gasteiger partial charge in [0.25, 0.3) is 33.4 Å². The van der Waals surface area contributed by atoms with E-state index in [1.54, 1.807) is 6.92 Å². The predicted molar refractivity (Wildman–Crippen MR) is 402 cm³/mol. The van der Waals surface area contributed by atoms with Crippen LogP contribution in [0.2, 0.25) is 0 Å². The van der Waals surface area contributed by atoms with E-state index in [0.717, 1.165) is 72.0 Å². The lowest BCUT2D eigenvalue weighted by molar-refractivity contribution is -0.226. The molecule has 46 nitrogen and oxygen atoms in total. The molecule has 13 rings (SSSR count). The van der Waals surface area contributed by atoms with Crippen LogP contribution in [0.25, 0.3) is 10.4 Å².